The molecular weight excluding hydrogens is 404 g/mol. The van der Waals surface area contributed by atoms with Gasteiger partial charge >= 0.3 is 0 Å². The van der Waals surface area contributed by atoms with Gasteiger partial charge in [-0.3, -0.25) is 9.78 Å². The molecule has 3 atom stereocenters. The minimum Gasteiger partial charge on any atom is -0.452 e. The van der Waals surface area contributed by atoms with E-state index in [-0.39, 0.29) is 17.7 Å². The third-order valence-corrected chi connectivity index (χ3v) is 4.90. The quantitative estimate of drug-likeness (QED) is 0.588. The van der Waals surface area contributed by atoms with Crippen LogP contribution in [0.3, 0.4) is 0 Å². The molecule has 30 heavy (non-hydrogen) atoms. The molecular formula is C20H20F4N4O2. The molecule has 0 amide bonds. The Morgan fingerprint density at radius 3 is 2.60 bits per heavy atom. The number of amidine groups is 1. The molecule has 0 radical (unpaired) electrons. The van der Waals surface area contributed by atoms with Gasteiger partial charge < -0.3 is 10.5 Å². The summed E-state index contributed by atoms with van der Waals surface area (Å²) in [6, 6.07) is 2.91. The molecule has 1 aliphatic heterocycles. The second-order valence-electron chi connectivity index (χ2n) is 7.45. The van der Waals surface area contributed by atoms with Gasteiger partial charge in [0.15, 0.2) is 18.1 Å². The van der Waals surface area contributed by atoms with Crippen LogP contribution < -0.4 is 5.73 Å². The Balaban J connectivity index is 1.97. The van der Waals surface area contributed by atoms with E-state index < -0.39 is 41.4 Å². The molecule has 160 valence electrons. The normalized spacial score (nSPS) is 24.2. The van der Waals surface area contributed by atoms with Crippen molar-refractivity contribution in [1.29, 1.82) is 0 Å². The van der Waals surface area contributed by atoms with Crippen LogP contribution in [0.4, 0.5) is 17.6 Å². The number of alkyl halides is 3. The van der Waals surface area contributed by atoms with Gasteiger partial charge in [0.05, 0.1) is 11.9 Å². The minimum absolute atomic E-state index is 0.111. The molecule has 2 N–H and O–H groups in total. The summed E-state index contributed by atoms with van der Waals surface area (Å²) in [4.78, 5) is 24.2. The Labute approximate surface area is 170 Å². The van der Waals surface area contributed by atoms with Gasteiger partial charge in [-0.25, -0.2) is 27.5 Å². The van der Waals surface area contributed by atoms with E-state index in [4.69, 9.17) is 10.5 Å². The number of nitrogens with two attached hydrogens (primary N) is 1. The highest BCUT2D eigenvalue weighted by Gasteiger charge is 2.55. The predicted molar refractivity (Wildman–Crippen MR) is 101 cm³/mol. The summed E-state index contributed by atoms with van der Waals surface area (Å²) in [5.41, 5.74) is 4.18. The first kappa shape index (κ1) is 21.7. The summed E-state index contributed by atoms with van der Waals surface area (Å²) in [6.07, 6.45) is -2.07. The van der Waals surface area contributed by atoms with Crippen molar-refractivity contribution in [1.82, 2.24) is 9.97 Å². The summed E-state index contributed by atoms with van der Waals surface area (Å²) >= 11 is 0. The number of aromatic nitrogens is 2. The van der Waals surface area contributed by atoms with Gasteiger partial charge in [0.25, 0.3) is 11.9 Å². The minimum atomic E-state index is -3.59. The van der Waals surface area contributed by atoms with Crippen LogP contribution in [0, 0.1) is 12.7 Å². The number of aliphatic imine (C=N–C) groups is 1. The standard InChI is InChI=1S/C20H20F4N4O2/c1-10-8-27-14(9-26-10)15(29)7-11-4-5-13(21)12(6-11)19(2)16(22)17(20(3,23)24)30-18(25)28-19/h4-6,8-9,16-17H,7H2,1-3H3,(H2,25,28)/t16-,17-,19+/m0/s1. The highest BCUT2D eigenvalue weighted by Crippen LogP contribution is 2.42. The van der Waals surface area contributed by atoms with E-state index in [1.54, 1.807) is 6.92 Å². The van der Waals surface area contributed by atoms with Gasteiger partial charge in [0, 0.05) is 25.1 Å². The summed E-state index contributed by atoms with van der Waals surface area (Å²) in [7, 11) is 0. The van der Waals surface area contributed by atoms with Crippen molar-refractivity contribution in [3.63, 3.8) is 0 Å². The van der Waals surface area contributed by atoms with Crippen molar-refractivity contribution < 1.29 is 27.1 Å². The summed E-state index contributed by atoms with van der Waals surface area (Å²) < 4.78 is 62.1. The number of aryl methyl sites for hydroxylation is 1. The Morgan fingerprint density at radius 2 is 2.00 bits per heavy atom. The van der Waals surface area contributed by atoms with Crippen molar-refractivity contribution in [2.45, 2.75) is 50.9 Å². The molecule has 0 saturated heterocycles. The molecule has 2 aromatic rings. The first-order valence-corrected chi connectivity index (χ1v) is 9.06. The SMILES string of the molecule is Cc1cnc(C(=O)Cc2ccc(F)c([C@@]3(C)N=C(N)O[C@H](C(C)(F)F)[C@@H]3F)c2)cn1. The number of rotatable bonds is 5. The Kier molecular flexibility index (Phi) is 5.53. The monoisotopic (exact) mass is 424 g/mol. The van der Waals surface area contributed by atoms with Crippen molar-refractivity contribution in [2.75, 3.05) is 0 Å². The average molecular weight is 424 g/mol. The Morgan fingerprint density at radius 1 is 1.30 bits per heavy atom. The highest BCUT2D eigenvalue weighted by atomic mass is 19.3. The van der Waals surface area contributed by atoms with Crippen LogP contribution in [-0.4, -0.2) is 40.0 Å². The van der Waals surface area contributed by atoms with Crippen molar-refractivity contribution in [2.24, 2.45) is 10.7 Å². The smallest absolute Gasteiger partial charge is 0.284 e. The molecule has 0 unspecified atom stereocenters. The zero-order chi connectivity index (χ0) is 22.3. The van der Waals surface area contributed by atoms with Gasteiger partial charge in [-0.1, -0.05) is 6.07 Å². The molecule has 1 aromatic carbocycles. The van der Waals surface area contributed by atoms with E-state index in [9.17, 15) is 18.0 Å². The second-order valence-corrected chi connectivity index (χ2v) is 7.45. The van der Waals surface area contributed by atoms with Crippen molar-refractivity contribution in [3.8, 4) is 0 Å². The third-order valence-electron chi connectivity index (χ3n) is 4.90. The van der Waals surface area contributed by atoms with E-state index in [0.29, 0.717) is 18.2 Å². The maximum atomic E-state index is 15.1. The molecule has 3 rings (SSSR count). The fourth-order valence-corrected chi connectivity index (χ4v) is 3.25. The fraction of sp³-hybridized carbons (Fsp3) is 0.400. The van der Waals surface area contributed by atoms with Crippen LogP contribution >= 0.6 is 0 Å². The molecule has 0 spiro atoms. The Hall–Kier alpha value is -3.04. The number of halogens is 4. The second kappa shape index (κ2) is 7.66. The van der Waals surface area contributed by atoms with E-state index in [2.05, 4.69) is 15.0 Å². The van der Waals surface area contributed by atoms with Crippen LogP contribution in [0.25, 0.3) is 0 Å². The van der Waals surface area contributed by atoms with Gasteiger partial charge in [-0.2, -0.15) is 0 Å². The zero-order valence-corrected chi connectivity index (χ0v) is 16.5. The maximum absolute atomic E-state index is 15.1. The molecule has 0 fully saturated rings. The van der Waals surface area contributed by atoms with Crippen molar-refractivity contribution >= 4 is 11.8 Å². The van der Waals surface area contributed by atoms with Crippen LogP contribution in [0.15, 0.2) is 35.6 Å². The highest BCUT2D eigenvalue weighted by molar-refractivity contribution is 5.95. The van der Waals surface area contributed by atoms with Gasteiger partial charge in [-0.05, 0) is 31.5 Å². The molecule has 0 aliphatic carbocycles. The van der Waals surface area contributed by atoms with E-state index >= 15 is 4.39 Å². The lowest BCUT2D eigenvalue weighted by molar-refractivity contribution is -0.138. The molecule has 10 heteroatoms. The lowest BCUT2D eigenvalue weighted by atomic mass is 9.81. The maximum Gasteiger partial charge on any atom is 0.284 e. The number of nitrogens with zero attached hydrogens (tertiary/aromatic N) is 3. The number of ether oxygens (including phenoxy) is 1. The molecule has 1 aliphatic rings. The zero-order valence-electron chi connectivity index (χ0n) is 16.5. The largest absolute Gasteiger partial charge is 0.452 e. The van der Waals surface area contributed by atoms with Gasteiger partial charge in [-0.15, -0.1) is 0 Å². The van der Waals surface area contributed by atoms with E-state index in [1.807, 2.05) is 0 Å². The summed E-state index contributed by atoms with van der Waals surface area (Å²) in [5.74, 6) is -4.85. The van der Waals surface area contributed by atoms with Crippen LogP contribution in [0.2, 0.25) is 0 Å². The summed E-state index contributed by atoms with van der Waals surface area (Å²) in [5, 5.41) is 0. The topological polar surface area (TPSA) is 90.5 Å². The number of hydrogen-bond donors (Lipinski definition) is 1. The molecule has 1 aromatic heterocycles. The number of benzene rings is 1. The van der Waals surface area contributed by atoms with Gasteiger partial charge in [0.1, 0.15) is 17.1 Å². The summed E-state index contributed by atoms with van der Waals surface area (Å²) in [6.45, 7) is 3.35. The average Bonchev–Trinajstić information content (AvgIpc) is 2.65. The van der Waals surface area contributed by atoms with Crippen LogP contribution in [-0.2, 0) is 16.7 Å². The lowest BCUT2D eigenvalue weighted by Crippen LogP contribution is -2.55. The van der Waals surface area contributed by atoms with Crippen LogP contribution in [0.1, 0.15) is 41.2 Å². The predicted octanol–water partition coefficient (Wildman–Crippen LogP) is 3.27. The molecule has 2 heterocycles. The first-order valence-electron chi connectivity index (χ1n) is 9.06. The number of ketones is 1. The van der Waals surface area contributed by atoms with Gasteiger partial charge in [0.2, 0.25) is 0 Å². The Bertz CT molecular complexity index is 991. The molecule has 0 saturated carbocycles. The van der Waals surface area contributed by atoms with Crippen LogP contribution in [0.5, 0.6) is 0 Å². The number of carbonyl (C=O) groups excluding carboxylic acids is 1. The van der Waals surface area contributed by atoms with Crippen molar-refractivity contribution in [3.05, 3.63) is 58.9 Å². The number of hydrogen-bond acceptors (Lipinski definition) is 6. The first-order chi connectivity index (χ1) is 13.9. The van der Waals surface area contributed by atoms with E-state index in [1.165, 1.54) is 24.5 Å². The fourth-order valence-electron chi connectivity index (χ4n) is 3.25. The number of Topliss-reactive ketones (excluding diaryl/α,β-unsaturated/α-hetero) is 1. The third kappa shape index (κ3) is 4.12. The number of carbonyl (C=O) groups is 1. The lowest BCUT2D eigenvalue weighted by Gasteiger charge is -2.40. The van der Waals surface area contributed by atoms with E-state index in [0.717, 1.165) is 13.0 Å². The molecule has 6 nitrogen and oxygen atoms in total. The molecule has 0 bridgehead atoms.